The predicted octanol–water partition coefficient (Wildman–Crippen LogP) is 1.09. The predicted molar refractivity (Wildman–Crippen MR) is 61.5 cm³/mol. The van der Waals surface area contributed by atoms with Gasteiger partial charge in [-0.25, -0.2) is 0 Å². The lowest BCUT2D eigenvalue weighted by atomic mass is 9.97. The highest BCUT2D eigenvalue weighted by molar-refractivity contribution is 5.86. The molecule has 1 aliphatic heterocycles. The standard InChI is InChI=1S/C11H18N4O/c1-9-6-15(4-3-11(9)13-16)8-10-5-12-14(2)7-10/h5,7,9,16H,3-4,6,8H2,1-2H3. The van der Waals surface area contributed by atoms with Crippen molar-refractivity contribution in [2.45, 2.75) is 19.9 Å². The molecule has 1 N–H and O–H groups in total. The zero-order valence-electron chi connectivity index (χ0n) is 9.80. The van der Waals surface area contributed by atoms with Crippen LogP contribution in [-0.2, 0) is 13.6 Å². The van der Waals surface area contributed by atoms with E-state index in [1.54, 1.807) is 0 Å². The summed E-state index contributed by atoms with van der Waals surface area (Å²) >= 11 is 0. The van der Waals surface area contributed by atoms with Gasteiger partial charge in [-0.3, -0.25) is 9.58 Å². The van der Waals surface area contributed by atoms with Gasteiger partial charge in [0.15, 0.2) is 0 Å². The third-order valence-electron chi connectivity index (χ3n) is 3.08. The highest BCUT2D eigenvalue weighted by atomic mass is 16.4. The van der Waals surface area contributed by atoms with E-state index >= 15 is 0 Å². The fraction of sp³-hybridized carbons (Fsp3) is 0.636. The van der Waals surface area contributed by atoms with E-state index in [0.717, 1.165) is 31.8 Å². The zero-order chi connectivity index (χ0) is 11.5. The maximum absolute atomic E-state index is 8.80. The fourth-order valence-corrected chi connectivity index (χ4v) is 2.21. The van der Waals surface area contributed by atoms with Crippen molar-refractivity contribution in [1.29, 1.82) is 0 Å². The summed E-state index contributed by atoms with van der Waals surface area (Å²) in [6.45, 7) is 4.94. The first-order chi connectivity index (χ1) is 7.69. The molecule has 2 heterocycles. The van der Waals surface area contributed by atoms with Crippen LogP contribution in [-0.4, -0.2) is 38.7 Å². The third-order valence-corrected chi connectivity index (χ3v) is 3.08. The number of hydrogen-bond donors (Lipinski definition) is 1. The SMILES string of the molecule is CC1CN(Cc2cnn(C)c2)CCC1=NO. The average molecular weight is 222 g/mol. The molecule has 1 aromatic rings. The summed E-state index contributed by atoms with van der Waals surface area (Å²) in [5.41, 5.74) is 2.15. The van der Waals surface area contributed by atoms with Crippen LogP contribution in [0.3, 0.4) is 0 Å². The normalized spacial score (nSPS) is 25.1. The molecule has 0 radical (unpaired) electrons. The van der Waals surface area contributed by atoms with E-state index in [1.165, 1.54) is 5.56 Å². The minimum absolute atomic E-state index is 0.343. The van der Waals surface area contributed by atoms with Crippen LogP contribution < -0.4 is 0 Å². The van der Waals surface area contributed by atoms with Crippen molar-refractivity contribution in [3.05, 3.63) is 18.0 Å². The summed E-state index contributed by atoms with van der Waals surface area (Å²) in [6, 6.07) is 0. The second-order valence-corrected chi connectivity index (χ2v) is 4.50. The van der Waals surface area contributed by atoms with Crippen LogP contribution in [0.1, 0.15) is 18.9 Å². The van der Waals surface area contributed by atoms with Crippen LogP contribution in [0.25, 0.3) is 0 Å². The number of rotatable bonds is 2. The molecule has 1 atom stereocenters. The number of nitrogens with zero attached hydrogens (tertiary/aromatic N) is 4. The number of hydrogen-bond acceptors (Lipinski definition) is 4. The van der Waals surface area contributed by atoms with Crippen LogP contribution >= 0.6 is 0 Å². The number of aromatic nitrogens is 2. The lowest BCUT2D eigenvalue weighted by Gasteiger charge is -2.30. The Morgan fingerprint density at radius 3 is 3.00 bits per heavy atom. The molecule has 5 nitrogen and oxygen atoms in total. The number of piperidine rings is 1. The fourth-order valence-electron chi connectivity index (χ4n) is 2.21. The summed E-state index contributed by atoms with van der Waals surface area (Å²) in [7, 11) is 1.93. The maximum atomic E-state index is 8.80. The second-order valence-electron chi connectivity index (χ2n) is 4.50. The van der Waals surface area contributed by atoms with E-state index in [9.17, 15) is 0 Å². The summed E-state index contributed by atoms with van der Waals surface area (Å²) in [5, 5.41) is 16.3. The molecule has 0 amide bonds. The Balaban J connectivity index is 1.93. The van der Waals surface area contributed by atoms with Crippen molar-refractivity contribution in [1.82, 2.24) is 14.7 Å². The van der Waals surface area contributed by atoms with E-state index in [4.69, 9.17) is 5.21 Å². The largest absolute Gasteiger partial charge is 0.411 e. The Bertz CT molecular complexity index is 385. The zero-order valence-corrected chi connectivity index (χ0v) is 9.80. The molecular formula is C11H18N4O. The van der Waals surface area contributed by atoms with E-state index in [0.29, 0.717) is 5.92 Å². The second kappa shape index (κ2) is 4.65. The molecule has 0 saturated carbocycles. The Morgan fingerprint density at radius 1 is 1.62 bits per heavy atom. The van der Waals surface area contributed by atoms with Crippen molar-refractivity contribution in [2.24, 2.45) is 18.1 Å². The molecule has 16 heavy (non-hydrogen) atoms. The smallest absolute Gasteiger partial charge is 0.0624 e. The number of likely N-dealkylation sites (tertiary alicyclic amines) is 1. The molecule has 1 fully saturated rings. The van der Waals surface area contributed by atoms with Crippen molar-refractivity contribution >= 4 is 5.71 Å². The van der Waals surface area contributed by atoms with Gasteiger partial charge in [0.25, 0.3) is 0 Å². The van der Waals surface area contributed by atoms with E-state index < -0.39 is 0 Å². The molecule has 0 spiro atoms. The van der Waals surface area contributed by atoms with Gasteiger partial charge < -0.3 is 5.21 Å². The number of aryl methyl sites for hydroxylation is 1. The number of oxime groups is 1. The molecule has 0 bridgehead atoms. The molecule has 1 aromatic heterocycles. The van der Waals surface area contributed by atoms with Crippen LogP contribution in [0.15, 0.2) is 17.5 Å². The molecule has 0 aliphatic carbocycles. The van der Waals surface area contributed by atoms with E-state index in [-0.39, 0.29) is 0 Å². The van der Waals surface area contributed by atoms with Gasteiger partial charge in [-0.15, -0.1) is 0 Å². The first kappa shape index (κ1) is 11.1. The van der Waals surface area contributed by atoms with Crippen LogP contribution in [0.5, 0.6) is 0 Å². The summed E-state index contributed by atoms with van der Waals surface area (Å²) in [4.78, 5) is 2.37. The Hall–Kier alpha value is -1.36. The van der Waals surface area contributed by atoms with Gasteiger partial charge >= 0.3 is 0 Å². The van der Waals surface area contributed by atoms with Crippen LogP contribution in [0.2, 0.25) is 0 Å². The van der Waals surface area contributed by atoms with Crippen LogP contribution in [0, 0.1) is 5.92 Å². The molecule has 5 heteroatoms. The highest BCUT2D eigenvalue weighted by Gasteiger charge is 2.22. The first-order valence-corrected chi connectivity index (χ1v) is 5.59. The van der Waals surface area contributed by atoms with Crippen molar-refractivity contribution in [3.8, 4) is 0 Å². The Morgan fingerprint density at radius 2 is 2.44 bits per heavy atom. The van der Waals surface area contributed by atoms with Gasteiger partial charge in [-0.05, 0) is 0 Å². The average Bonchev–Trinajstić information content (AvgIpc) is 2.64. The van der Waals surface area contributed by atoms with Crippen molar-refractivity contribution < 1.29 is 5.21 Å². The molecule has 2 rings (SSSR count). The van der Waals surface area contributed by atoms with Gasteiger partial charge in [0.05, 0.1) is 11.9 Å². The third kappa shape index (κ3) is 2.41. The van der Waals surface area contributed by atoms with Crippen molar-refractivity contribution in [2.75, 3.05) is 13.1 Å². The monoisotopic (exact) mass is 222 g/mol. The maximum Gasteiger partial charge on any atom is 0.0624 e. The van der Waals surface area contributed by atoms with Crippen molar-refractivity contribution in [3.63, 3.8) is 0 Å². The van der Waals surface area contributed by atoms with Gasteiger partial charge in [0.2, 0.25) is 0 Å². The van der Waals surface area contributed by atoms with Gasteiger partial charge in [0.1, 0.15) is 0 Å². The van der Waals surface area contributed by atoms with E-state index in [2.05, 4.69) is 22.1 Å². The minimum atomic E-state index is 0.343. The highest BCUT2D eigenvalue weighted by Crippen LogP contribution is 2.16. The summed E-state index contributed by atoms with van der Waals surface area (Å²) in [6.07, 6.45) is 4.80. The quantitative estimate of drug-likeness (QED) is 0.602. The molecule has 0 aromatic carbocycles. The molecule has 1 unspecified atom stereocenters. The van der Waals surface area contributed by atoms with Gasteiger partial charge in [-0.2, -0.15) is 5.10 Å². The van der Waals surface area contributed by atoms with Gasteiger partial charge in [0, 0.05) is 50.8 Å². The van der Waals surface area contributed by atoms with Gasteiger partial charge in [-0.1, -0.05) is 12.1 Å². The lowest BCUT2D eigenvalue weighted by Crippen LogP contribution is -2.39. The molecule has 88 valence electrons. The molecule has 1 aliphatic rings. The summed E-state index contributed by atoms with van der Waals surface area (Å²) in [5.74, 6) is 0.343. The van der Waals surface area contributed by atoms with Crippen LogP contribution in [0.4, 0.5) is 0 Å². The Labute approximate surface area is 95.4 Å². The molecular weight excluding hydrogens is 204 g/mol. The first-order valence-electron chi connectivity index (χ1n) is 5.59. The summed E-state index contributed by atoms with van der Waals surface area (Å²) < 4.78 is 1.82. The topological polar surface area (TPSA) is 53.7 Å². The van der Waals surface area contributed by atoms with E-state index in [1.807, 2.05) is 24.1 Å². The lowest BCUT2D eigenvalue weighted by molar-refractivity contribution is 0.228. The Kier molecular flexibility index (Phi) is 3.24. The molecule has 1 saturated heterocycles. The minimum Gasteiger partial charge on any atom is -0.411 e.